The van der Waals surface area contributed by atoms with E-state index in [9.17, 15) is 13.2 Å². The van der Waals surface area contributed by atoms with Gasteiger partial charge in [0.05, 0.1) is 30.8 Å². The smallest absolute Gasteiger partial charge is 0.264 e. The lowest BCUT2D eigenvalue weighted by Gasteiger charge is -2.35. The molecule has 1 saturated heterocycles. The molecule has 3 aromatic rings. The van der Waals surface area contributed by atoms with E-state index in [4.69, 9.17) is 11.6 Å². The van der Waals surface area contributed by atoms with Crippen LogP contribution in [-0.2, 0) is 19.1 Å². The molecule has 0 saturated carbocycles. The van der Waals surface area contributed by atoms with Crippen molar-refractivity contribution >= 4 is 56.5 Å². The first-order chi connectivity index (χ1) is 23.3. The summed E-state index contributed by atoms with van der Waals surface area (Å²) in [6.45, 7) is 19.2. The number of para-hydroxylation sites is 2. The molecule has 49 heavy (non-hydrogen) atoms. The van der Waals surface area contributed by atoms with Crippen LogP contribution in [0.15, 0.2) is 70.5 Å². The lowest BCUT2D eigenvalue weighted by Crippen LogP contribution is -2.45. The van der Waals surface area contributed by atoms with Crippen LogP contribution >= 0.6 is 23.4 Å². The number of halogens is 1. The Kier molecular flexibility index (Phi) is 16.9. The molecule has 0 aromatic heterocycles. The van der Waals surface area contributed by atoms with Gasteiger partial charge in [-0.25, -0.2) is 0 Å². The third-order valence-corrected chi connectivity index (χ3v) is 10.4. The summed E-state index contributed by atoms with van der Waals surface area (Å²) in [5.41, 5.74) is 5.72. The molecule has 0 bridgehead atoms. The summed E-state index contributed by atoms with van der Waals surface area (Å²) in [7, 11) is -0.966. The maximum absolute atomic E-state index is 11.9. The number of benzene rings is 3. The summed E-state index contributed by atoms with van der Waals surface area (Å²) in [5.74, 6) is 0.0612. The molecule has 2 heterocycles. The van der Waals surface area contributed by atoms with Crippen LogP contribution in [0.1, 0.15) is 38.3 Å². The van der Waals surface area contributed by atoms with E-state index in [1.807, 2.05) is 49.9 Å². The van der Waals surface area contributed by atoms with Crippen molar-refractivity contribution < 1.29 is 17.4 Å². The summed E-state index contributed by atoms with van der Waals surface area (Å²) in [6.07, 6.45) is 2.19. The first kappa shape index (κ1) is 40.8. The number of carbonyl (C=O) groups is 1. The molecule has 5 rings (SSSR count). The molecular weight excluding hydrogens is 678 g/mol. The van der Waals surface area contributed by atoms with Gasteiger partial charge < -0.3 is 20.0 Å². The second kappa shape index (κ2) is 20.3. The lowest BCUT2D eigenvalue weighted by molar-refractivity contribution is -0.117. The van der Waals surface area contributed by atoms with Gasteiger partial charge in [0.15, 0.2) is 0 Å². The standard InChI is InChI=1S/C20H24ClN3S.C14H22N2O.C3H8O3S/c1-22-11-13-23(14-12-22)9-4-10-24-17-5-2-3-6-19(17)25-20-8-7-16(21)15-18(20)24;1-5-16(6-2)10-13(17)15-14-11(3)8-7-9-12(14)4;1-3-6-7(2,4)5/h2-3,5-8,15H,4,9-14H2,1H3;7-9H,5-6,10H2,1-4H3,(H,15,17);3H2,1-2H3. The highest BCUT2D eigenvalue weighted by molar-refractivity contribution is 7.99. The van der Waals surface area contributed by atoms with Crippen molar-refractivity contribution in [2.75, 3.05) is 89.0 Å². The molecule has 1 N–H and O–H groups in total. The van der Waals surface area contributed by atoms with Crippen LogP contribution < -0.4 is 10.2 Å². The van der Waals surface area contributed by atoms with Crippen LogP contribution in [0, 0.1) is 13.8 Å². The number of nitrogens with one attached hydrogen (secondary N) is 1. The fourth-order valence-electron chi connectivity index (χ4n) is 5.62. The zero-order chi connectivity index (χ0) is 36.0. The number of carbonyl (C=O) groups excluding carboxylic acids is 1. The van der Waals surface area contributed by atoms with Crippen molar-refractivity contribution in [3.05, 3.63) is 76.8 Å². The minimum Gasteiger partial charge on any atom is -0.340 e. The van der Waals surface area contributed by atoms with Crippen LogP contribution in [0.25, 0.3) is 0 Å². The molecule has 1 amide bonds. The number of likely N-dealkylation sites (N-methyl/N-ethyl adjacent to an activating group) is 2. The average Bonchev–Trinajstić information content (AvgIpc) is 3.06. The highest BCUT2D eigenvalue weighted by Crippen LogP contribution is 2.48. The molecule has 0 radical (unpaired) electrons. The fraction of sp³-hybridized carbons (Fsp3) is 0.486. The number of aryl methyl sites for hydroxylation is 2. The Morgan fingerprint density at radius 1 is 0.898 bits per heavy atom. The van der Waals surface area contributed by atoms with Crippen LogP contribution in [0.4, 0.5) is 17.1 Å². The minimum absolute atomic E-state index is 0.0612. The van der Waals surface area contributed by atoms with E-state index in [0.717, 1.165) is 60.7 Å². The predicted octanol–water partition coefficient (Wildman–Crippen LogP) is 7.15. The largest absolute Gasteiger partial charge is 0.340 e. The molecular formula is C37H54ClN5O4S2. The molecule has 270 valence electrons. The number of piperazine rings is 1. The van der Waals surface area contributed by atoms with Crippen molar-refractivity contribution in [3.63, 3.8) is 0 Å². The van der Waals surface area contributed by atoms with Crippen LogP contribution in [0.5, 0.6) is 0 Å². The van der Waals surface area contributed by atoms with Crippen LogP contribution in [0.3, 0.4) is 0 Å². The number of fused-ring (bicyclic) bond motifs is 2. The van der Waals surface area contributed by atoms with Crippen molar-refractivity contribution in [1.82, 2.24) is 14.7 Å². The van der Waals surface area contributed by atoms with Gasteiger partial charge in [-0.3, -0.25) is 13.9 Å². The summed E-state index contributed by atoms with van der Waals surface area (Å²) < 4.78 is 24.2. The number of anilines is 3. The summed E-state index contributed by atoms with van der Waals surface area (Å²) in [4.78, 5) is 24.1. The molecule has 3 aromatic carbocycles. The predicted molar refractivity (Wildman–Crippen MR) is 206 cm³/mol. The maximum Gasteiger partial charge on any atom is 0.264 e. The Balaban J connectivity index is 0.000000235. The average molecular weight is 732 g/mol. The molecule has 0 unspecified atom stereocenters. The number of hydrogen-bond acceptors (Lipinski definition) is 9. The Morgan fingerprint density at radius 3 is 2.12 bits per heavy atom. The number of rotatable bonds is 11. The van der Waals surface area contributed by atoms with Gasteiger partial charge in [-0.15, -0.1) is 0 Å². The number of nitrogens with zero attached hydrogens (tertiary/aromatic N) is 4. The highest BCUT2D eigenvalue weighted by atomic mass is 35.5. The van der Waals surface area contributed by atoms with Crippen molar-refractivity contribution in [3.8, 4) is 0 Å². The van der Waals surface area contributed by atoms with Gasteiger partial charge in [-0.1, -0.05) is 67.5 Å². The van der Waals surface area contributed by atoms with Crippen molar-refractivity contribution in [2.45, 2.75) is 50.8 Å². The second-order valence-corrected chi connectivity index (χ2v) is 15.4. The van der Waals surface area contributed by atoms with E-state index >= 15 is 0 Å². The molecule has 0 atom stereocenters. The molecule has 1 fully saturated rings. The van der Waals surface area contributed by atoms with Gasteiger partial charge in [-0.2, -0.15) is 8.42 Å². The Hall–Kier alpha value is -2.64. The Labute approximate surface area is 304 Å². The molecule has 12 heteroatoms. The Morgan fingerprint density at radius 2 is 1.53 bits per heavy atom. The molecule has 9 nitrogen and oxygen atoms in total. The second-order valence-electron chi connectivity index (χ2n) is 12.2. The number of amides is 1. The molecule has 0 aliphatic carbocycles. The van der Waals surface area contributed by atoms with E-state index in [-0.39, 0.29) is 12.5 Å². The zero-order valence-corrected chi connectivity index (χ0v) is 32.6. The van der Waals surface area contributed by atoms with Crippen molar-refractivity contribution in [1.29, 1.82) is 0 Å². The summed E-state index contributed by atoms with van der Waals surface area (Å²) >= 11 is 8.13. The first-order valence-corrected chi connectivity index (χ1v) is 20.0. The fourth-order valence-corrected chi connectivity index (χ4v) is 7.29. The topological polar surface area (TPSA) is 85.4 Å². The quantitative estimate of drug-likeness (QED) is 0.207. The highest BCUT2D eigenvalue weighted by Gasteiger charge is 2.23. The SMILES string of the molecule is CCN(CC)CC(=O)Nc1c(C)cccc1C.CCOS(C)(=O)=O.CN1CCN(CCCN2c3ccccc3Sc3ccc(Cl)cc32)CC1. The lowest BCUT2D eigenvalue weighted by atomic mass is 10.1. The van der Waals surface area contributed by atoms with Gasteiger partial charge >= 0.3 is 0 Å². The minimum atomic E-state index is -3.17. The van der Waals surface area contributed by atoms with E-state index in [2.05, 4.69) is 86.4 Å². The van der Waals surface area contributed by atoms with E-state index < -0.39 is 10.1 Å². The van der Waals surface area contributed by atoms with Crippen LogP contribution in [-0.4, -0.2) is 108 Å². The first-order valence-electron chi connectivity index (χ1n) is 17.0. The van der Waals surface area contributed by atoms with Gasteiger partial charge in [0.1, 0.15) is 0 Å². The normalized spacial score (nSPS) is 14.6. The number of hydrogen-bond donors (Lipinski definition) is 1. The van der Waals surface area contributed by atoms with E-state index in [1.165, 1.54) is 47.3 Å². The summed E-state index contributed by atoms with van der Waals surface area (Å²) in [6, 6.07) is 21.0. The monoisotopic (exact) mass is 731 g/mol. The third kappa shape index (κ3) is 13.5. The van der Waals surface area contributed by atoms with Gasteiger partial charge in [0.2, 0.25) is 5.91 Å². The van der Waals surface area contributed by atoms with Crippen molar-refractivity contribution in [2.24, 2.45) is 0 Å². The van der Waals surface area contributed by atoms with Gasteiger partial charge in [-0.05, 0) is 95.3 Å². The maximum atomic E-state index is 11.9. The molecule has 2 aliphatic heterocycles. The molecule has 0 spiro atoms. The van der Waals surface area contributed by atoms with Gasteiger partial charge in [0, 0.05) is 53.2 Å². The van der Waals surface area contributed by atoms with Crippen LogP contribution in [0.2, 0.25) is 5.02 Å². The Bertz CT molecular complexity index is 1580. The van der Waals surface area contributed by atoms with Gasteiger partial charge in [0.25, 0.3) is 10.1 Å². The zero-order valence-electron chi connectivity index (χ0n) is 30.2. The van der Waals surface area contributed by atoms with E-state index in [0.29, 0.717) is 6.54 Å². The summed E-state index contributed by atoms with van der Waals surface area (Å²) in [5, 5.41) is 3.81. The molecule has 2 aliphatic rings. The third-order valence-electron chi connectivity index (χ3n) is 8.38. The van der Waals surface area contributed by atoms with E-state index in [1.54, 1.807) is 6.92 Å².